The molecule has 1 amide bonds. The maximum Gasteiger partial charge on any atom is 0.241 e. The van der Waals surface area contributed by atoms with Crippen LogP contribution in [0, 0.1) is 11.8 Å². The predicted molar refractivity (Wildman–Crippen MR) is 87.1 cm³/mol. The molecule has 1 aromatic rings. The number of nitrogens with one attached hydrogen (secondary N) is 1. The van der Waals surface area contributed by atoms with E-state index in [1.54, 1.807) is 11.3 Å². The van der Waals surface area contributed by atoms with Crippen molar-refractivity contribution in [3.05, 3.63) is 22.4 Å². The monoisotopic (exact) mass is 306 g/mol. The number of carbonyl (C=O) groups is 1. The highest BCUT2D eigenvalue weighted by atomic mass is 32.1. The first kappa shape index (κ1) is 15.0. The minimum atomic E-state index is -0.0186. The fraction of sp³-hybridized carbons (Fsp3) is 0.706. The van der Waals surface area contributed by atoms with Gasteiger partial charge in [-0.25, -0.2) is 0 Å². The minimum Gasteiger partial charge on any atom is -0.317 e. The second-order valence-electron chi connectivity index (χ2n) is 6.67. The minimum absolute atomic E-state index is 0.0186. The van der Waals surface area contributed by atoms with Crippen LogP contribution < -0.4 is 5.32 Å². The van der Waals surface area contributed by atoms with Gasteiger partial charge in [0.25, 0.3) is 0 Å². The summed E-state index contributed by atoms with van der Waals surface area (Å²) in [6.07, 6.45) is 4.78. The van der Waals surface area contributed by atoms with Gasteiger partial charge in [0.05, 0.1) is 6.04 Å². The SMILES string of the molecule is CCC(C)C1NC(c2cccs2)N(C2CCCC2C)C1=O. The van der Waals surface area contributed by atoms with Gasteiger partial charge in [0.1, 0.15) is 6.17 Å². The lowest BCUT2D eigenvalue weighted by molar-refractivity contribution is -0.133. The lowest BCUT2D eigenvalue weighted by Gasteiger charge is -2.32. The van der Waals surface area contributed by atoms with Crippen molar-refractivity contribution < 1.29 is 4.79 Å². The van der Waals surface area contributed by atoms with Gasteiger partial charge in [-0.2, -0.15) is 0 Å². The van der Waals surface area contributed by atoms with Gasteiger partial charge in [0, 0.05) is 10.9 Å². The van der Waals surface area contributed by atoms with Crippen LogP contribution in [-0.4, -0.2) is 22.9 Å². The molecule has 5 atom stereocenters. The zero-order valence-corrected chi connectivity index (χ0v) is 14.0. The number of rotatable bonds is 4. The van der Waals surface area contributed by atoms with Crippen molar-refractivity contribution in [3.8, 4) is 0 Å². The molecule has 4 heteroatoms. The highest BCUT2D eigenvalue weighted by Gasteiger charge is 2.47. The Kier molecular flexibility index (Phi) is 4.36. The summed E-state index contributed by atoms with van der Waals surface area (Å²) >= 11 is 1.75. The molecule has 116 valence electrons. The lowest BCUT2D eigenvalue weighted by Crippen LogP contribution is -2.42. The molecule has 1 aliphatic heterocycles. The molecule has 0 aromatic carbocycles. The van der Waals surface area contributed by atoms with E-state index in [4.69, 9.17) is 0 Å². The molecule has 0 spiro atoms. The quantitative estimate of drug-likeness (QED) is 0.918. The first-order valence-corrected chi connectivity index (χ1v) is 9.13. The Bertz CT molecular complexity index is 487. The normalized spacial score (nSPS) is 34.6. The van der Waals surface area contributed by atoms with Crippen LogP contribution in [0.15, 0.2) is 17.5 Å². The van der Waals surface area contributed by atoms with E-state index < -0.39 is 0 Å². The van der Waals surface area contributed by atoms with Crippen molar-refractivity contribution in [2.24, 2.45) is 11.8 Å². The average molecular weight is 306 g/mol. The molecule has 5 unspecified atom stereocenters. The Morgan fingerprint density at radius 2 is 2.29 bits per heavy atom. The van der Waals surface area contributed by atoms with Crippen molar-refractivity contribution in [1.82, 2.24) is 10.2 Å². The summed E-state index contributed by atoms with van der Waals surface area (Å²) in [6, 6.07) is 4.63. The topological polar surface area (TPSA) is 32.3 Å². The summed E-state index contributed by atoms with van der Waals surface area (Å²) < 4.78 is 0. The maximum atomic E-state index is 13.0. The molecule has 0 radical (unpaired) electrons. The largest absolute Gasteiger partial charge is 0.317 e. The van der Waals surface area contributed by atoms with E-state index in [0.29, 0.717) is 23.8 Å². The van der Waals surface area contributed by atoms with Crippen molar-refractivity contribution in [1.29, 1.82) is 0 Å². The molecule has 21 heavy (non-hydrogen) atoms. The van der Waals surface area contributed by atoms with Gasteiger partial charge in [-0.15, -0.1) is 11.3 Å². The first-order valence-electron chi connectivity index (χ1n) is 8.25. The third-order valence-electron chi connectivity index (χ3n) is 5.34. The molecule has 1 N–H and O–H groups in total. The van der Waals surface area contributed by atoms with Crippen LogP contribution in [0.4, 0.5) is 0 Å². The average Bonchev–Trinajstić information content (AvgIpc) is 3.18. The van der Waals surface area contributed by atoms with E-state index in [2.05, 4.69) is 48.5 Å². The highest BCUT2D eigenvalue weighted by Crippen LogP contribution is 2.39. The Morgan fingerprint density at radius 3 is 2.86 bits per heavy atom. The number of carbonyl (C=O) groups excluding carboxylic acids is 1. The molecular formula is C17H26N2OS. The molecule has 1 saturated carbocycles. The van der Waals surface area contributed by atoms with Crippen LogP contribution in [0.1, 0.15) is 57.5 Å². The van der Waals surface area contributed by atoms with Crippen LogP contribution in [0.25, 0.3) is 0 Å². The second kappa shape index (κ2) is 6.09. The number of nitrogens with zero attached hydrogens (tertiary/aromatic N) is 1. The van der Waals surface area contributed by atoms with Gasteiger partial charge in [-0.3, -0.25) is 10.1 Å². The molecule has 2 aliphatic rings. The van der Waals surface area contributed by atoms with E-state index >= 15 is 0 Å². The molecular weight excluding hydrogens is 280 g/mol. The van der Waals surface area contributed by atoms with E-state index in [1.165, 1.54) is 17.7 Å². The third kappa shape index (κ3) is 2.64. The van der Waals surface area contributed by atoms with Gasteiger partial charge in [0.2, 0.25) is 5.91 Å². The van der Waals surface area contributed by atoms with E-state index in [9.17, 15) is 4.79 Å². The van der Waals surface area contributed by atoms with Crippen LogP contribution in [0.3, 0.4) is 0 Å². The highest BCUT2D eigenvalue weighted by molar-refractivity contribution is 7.10. The van der Waals surface area contributed by atoms with E-state index in [0.717, 1.165) is 12.8 Å². The molecule has 3 nitrogen and oxygen atoms in total. The van der Waals surface area contributed by atoms with Gasteiger partial charge >= 0.3 is 0 Å². The molecule has 2 fully saturated rings. The standard InChI is InChI=1S/C17H26N2OS/c1-4-11(2)15-17(20)19(13-8-5-7-12(13)3)16(18-15)14-9-6-10-21-14/h6,9-13,15-16,18H,4-5,7-8H2,1-3H3. The Hall–Kier alpha value is -0.870. The summed E-state index contributed by atoms with van der Waals surface area (Å²) in [4.78, 5) is 16.5. The van der Waals surface area contributed by atoms with E-state index in [1.807, 2.05) is 0 Å². The Morgan fingerprint density at radius 1 is 1.48 bits per heavy atom. The smallest absolute Gasteiger partial charge is 0.241 e. The number of amides is 1. The molecule has 1 saturated heterocycles. The zero-order valence-electron chi connectivity index (χ0n) is 13.2. The number of hydrogen-bond donors (Lipinski definition) is 1. The maximum absolute atomic E-state index is 13.0. The Labute approximate surface area is 131 Å². The summed E-state index contributed by atoms with van der Waals surface area (Å²) in [5.74, 6) is 1.33. The predicted octanol–water partition coefficient (Wildman–Crippen LogP) is 3.78. The molecule has 3 rings (SSSR count). The van der Waals surface area contributed by atoms with Crippen LogP contribution in [0.2, 0.25) is 0 Å². The van der Waals surface area contributed by atoms with Crippen molar-refractivity contribution in [3.63, 3.8) is 0 Å². The number of hydrogen-bond acceptors (Lipinski definition) is 3. The first-order chi connectivity index (χ1) is 10.1. The summed E-state index contributed by atoms with van der Waals surface area (Å²) in [5.41, 5.74) is 0. The van der Waals surface area contributed by atoms with Crippen molar-refractivity contribution in [2.45, 2.75) is 64.7 Å². The zero-order chi connectivity index (χ0) is 15.0. The summed E-state index contributed by atoms with van der Waals surface area (Å²) in [6.45, 7) is 6.65. The lowest BCUT2D eigenvalue weighted by atomic mass is 9.98. The fourth-order valence-electron chi connectivity index (χ4n) is 3.81. The van der Waals surface area contributed by atoms with Crippen LogP contribution in [0.5, 0.6) is 0 Å². The van der Waals surface area contributed by atoms with Crippen molar-refractivity contribution >= 4 is 17.2 Å². The third-order valence-corrected chi connectivity index (χ3v) is 6.26. The van der Waals surface area contributed by atoms with Gasteiger partial charge < -0.3 is 4.90 Å². The Balaban J connectivity index is 1.90. The van der Waals surface area contributed by atoms with Crippen LogP contribution >= 0.6 is 11.3 Å². The van der Waals surface area contributed by atoms with Gasteiger partial charge in [-0.1, -0.05) is 39.7 Å². The number of thiophene rings is 1. The van der Waals surface area contributed by atoms with Crippen LogP contribution in [-0.2, 0) is 4.79 Å². The summed E-state index contributed by atoms with van der Waals surface area (Å²) in [5, 5.41) is 5.73. The summed E-state index contributed by atoms with van der Waals surface area (Å²) in [7, 11) is 0. The molecule has 1 aliphatic carbocycles. The second-order valence-corrected chi connectivity index (χ2v) is 7.65. The molecule has 1 aromatic heterocycles. The van der Waals surface area contributed by atoms with Gasteiger partial charge in [0.15, 0.2) is 0 Å². The fourth-order valence-corrected chi connectivity index (χ4v) is 4.59. The molecule has 2 heterocycles. The molecule has 0 bridgehead atoms. The van der Waals surface area contributed by atoms with Crippen molar-refractivity contribution in [2.75, 3.05) is 0 Å². The van der Waals surface area contributed by atoms with E-state index in [-0.39, 0.29) is 12.2 Å². The van der Waals surface area contributed by atoms with Gasteiger partial charge in [-0.05, 0) is 36.1 Å².